The molecule has 1 heterocycles. The number of anilines is 1. The molecule has 0 atom stereocenters. The lowest BCUT2D eigenvalue weighted by molar-refractivity contribution is 0.388. The summed E-state index contributed by atoms with van der Waals surface area (Å²) in [6.07, 6.45) is 1.61. The summed E-state index contributed by atoms with van der Waals surface area (Å²) in [6, 6.07) is 7.47. The van der Waals surface area contributed by atoms with Gasteiger partial charge in [0.05, 0.1) is 12.7 Å². The molecule has 1 aromatic carbocycles. The summed E-state index contributed by atoms with van der Waals surface area (Å²) in [6.45, 7) is 0.574. The van der Waals surface area contributed by atoms with Crippen molar-refractivity contribution in [2.45, 2.75) is 6.54 Å². The van der Waals surface area contributed by atoms with Gasteiger partial charge in [0.2, 0.25) is 0 Å². The van der Waals surface area contributed by atoms with Crippen molar-refractivity contribution in [3.8, 4) is 0 Å². The second-order valence-corrected chi connectivity index (χ2v) is 4.69. The van der Waals surface area contributed by atoms with E-state index in [1.54, 1.807) is 6.20 Å². The molecule has 6 heteroatoms. The van der Waals surface area contributed by atoms with E-state index in [4.69, 9.17) is 22.5 Å². The van der Waals surface area contributed by atoms with Crippen molar-refractivity contribution >= 4 is 38.8 Å². The zero-order valence-electron chi connectivity index (χ0n) is 8.81. The van der Waals surface area contributed by atoms with Gasteiger partial charge in [-0.2, -0.15) is 0 Å². The van der Waals surface area contributed by atoms with Crippen molar-refractivity contribution in [2.75, 3.05) is 5.32 Å². The summed E-state index contributed by atoms with van der Waals surface area (Å²) >= 11 is 8.36. The van der Waals surface area contributed by atoms with Crippen LogP contribution in [-0.2, 0) is 6.54 Å². The molecule has 0 aliphatic carbocycles. The Bertz CT molecular complexity index is 528. The van der Waals surface area contributed by atoms with Crippen LogP contribution in [0.5, 0.6) is 0 Å². The van der Waals surface area contributed by atoms with Crippen molar-refractivity contribution in [3.05, 3.63) is 46.3 Å². The lowest BCUT2D eigenvalue weighted by Crippen LogP contribution is -2.09. The molecule has 0 saturated carbocycles. The second-order valence-electron chi connectivity index (χ2n) is 3.39. The zero-order valence-corrected chi connectivity index (χ0v) is 11.2. The molecule has 17 heavy (non-hydrogen) atoms. The van der Waals surface area contributed by atoms with Crippen LogP contribution in [0.15, 0.2) is 39.5 Å². The first-order chi connectivity index (χ1) is 8.16. The highest BCUT2D eigenvalue weighted by molar-refractivity contribution is 9.10. The van der Waals surface area contributed by atoms with Crippen LogP contribution in [0, 0.1) is 0 Å². The van der Waals surface area contributed by atoms with E-state index >= 15 is 0 Å². The number of nitrogens with one attached hydrogen (secondary N) is 1. The third kappa shape index (κ3) is 3.04. The fourth-order valence-corrected chi connectivity index (χ4v) is 1.97. The first kappa shape index (κ1) is 12.1. The summed E-state index contributed by atoms with van der Waals surface area (Å²) in [5.74, 6) is 0.773. The highest BCUT2D eigenvalue weighted by atomic mass is 79.9. The van der Waals surface area contributed by atoms with Gasteiger partial charge in [-0.05, 0) is 34.1 Å². The molecule has 3 N–H and O–H groups in total. The summed E-state index contributed by atoms with van der Waals surface area (Å²) in [7, 11) is 0. The lowest BCUT2D eigenvalue weighted by Gasteiger charge is -2.08. The Balaban J connectivity index is 2.09. The molecule has 0 aliphatic heterocycles. The zero-order chi connectivity index (χ0) is 12.3. The van der Waals surface area contributed by atoms with E-state index in [2.05, 4.69) is 26.4 Å². The Morgan fingerprint density at radius 1 is 1.47 bits per heavy atom. The Morgan fingerprint density at radius 3 is 2.88 bits per heavy atom. The number of halogens is 1. The molecule has 0 fully saturated rings. The van der Waals surface area contributed by atoms with Gasteiger partial charge < -0.3 is 15.6 Å². The van der Waals surface area contributed by atoms with E-state index in [0.29, 0.717) is 11.5 Å². The summed E-state index contributed by atoms with van der Waals surface area (Å²) in [4.78, 5) is 0.382. The van der Waals surface area contributed by atoms with Crippen LogP contribution >= 0.6 is 28.1 Å². The molecule has 0 aliphatic rings. The molecule has 88 valence electrons. The largest absolute Gasteiger partial charge is 0.389 e. The van der Waals surface area contributed by atoms with Crippen LogP contribution in [0.25, 0.3) is 0 Å². The van der Waals surface area contributed by atoms with Gasteiger partial charge in [-0.15, -0.1) is 0 Å². The van der Waals surface area contributed by atoms with E-state index in [1.165, 1.54) is 0 Å². The van der Waals surface area contributed by atoms with Crippen molar-refractivity contribution in [3.63, 3.8) is 0 Å². The van der Waals surface area contributed by atoms with Crippen molar-refractivity contribution in [2.24, 2.45) is 5.73 Å². The number of hydrogen-bond donors (Lipinski definition) is 2. The molecular formula is C11H10BrN3OS. The van der Waals surface area contributed by atoms with Crippen LogP contribution in [0.2, 0.25) is 0 Å². The molecule has 4 nitrogen and oxygen atoms in total. The average molecular weight is 312 g/mol. The Kier molecular flexibility index (Phi) is 3.75. The molecule has 0 unspecified atom stereocenters. The molecule has 0 bridgehead atoms. The maximum absolute atomic E-state index is 5.55. The van der Waals surface area contributed by atoms with E-state index in [9.17, 15) is 0 Å². The minimum absolute atomic E-state index is 0.382. The standard InChI is InChI=1S/C11H10BrN3OS/c12-9-5-7(11(13)17)1-2-10(9)14-6-8-3-4-15-16-8/h1-5,14H,6H2,(H2,13,17). The Labute approximate surface area is 112 Å². The molecule has 0 saturated heterocycles. The predicted octanol–water partition coefficient (Wildman–Crippen LogP) is 2.68. The van der Waals surface area contributed by atoms with Crippen LogP contribution in [0.4, 0.5) is 5.69 Å². The SMILES string of the molecule is NC(=S)c1ccc(NCc2ccno2)c(Br)c1. The number of nitrogens with two attached hydrogens (primary N) is 1. The maximum atomic E-state index is 5.55. The molecule has 2 aromatic rings. The number of benzene rings is 1. The molecular weight excluding hydrogens is 302 g/mol. The van der Waals surface area contributed by atoms with Crippen LogP contribution in [0.3, 0.4) is 0 Å². The van der Waals surface area contributed by atoms with Gasteiger partial charge in [0.25, 0.3) is 0 Å². The summed E-state index contributed by atoms with van der Waals surface area (Å²) < 4.78 is 5.89. The minimum atomic E-state index is 0.382. The van der Waals surface area contributed by atoms with Crippen LogP contribution < -0.4 is 11.1 Å². The number of hydrogen-bond acceptors (Lipinski definition) is 4. The van der Waals surface area contributed by atoms with Gasteiger partial charge in [-0.1, -0.05) is 17.4 Å². The van der Waals surface area contributed by atoms with Crippen molar-refractivity contribution in [1.29, 1.82) is 0 Å². The first-order valence-electron chi connectivity index (χ1n) is 4.89. The quantitative estimate of drug-likeness (QED) is 0.850. The van der Waals surface area contributed by atoms with Crippen molar-refractivity contribution in [1.82, 2.24) is 5.16 Å². The van der Waals surface area contributed by atoms with Gasteiger partial charge in [0, 0.05) is 21.8 Å². The Hall–Kier alpha value is -1.40. The molecule has 1 aromatic heterocycles. The fourth-order valence-electron chi connectivity index (χ4n) is 1.33. The number of rotatable bonds is 4. The smallest absolute Gasteiger partial charge is 0.155 e. The van der Waals surface area contributed by atoms with E-state index in [1.807, 2.05) is 24.3 Å². The first-order valence-corrected chi connectivity index (χ1v) is 6.10. The number of thiocarbonyl (C=S) groups is 1. The van der Waals surface area contributed by atoms with Crippen LogP contribution in [-0.4, -0.2) is 10.1 Å². The van der Waals surface area contributed by atoms with Gasteiger partial charge in [0.15, 0.2) is 5.76 Å². The highest BCUT2D eigenvalue weighted by Crippen LogP contribution is 2.24. The predicted molar refractivity (Wildman–Crippen MR) is 73.9 cm³/mol. The van der Waals surface area contributed by atoms with Crippen LogP contribution in [0.1, 0.15) is 11.3 Å². The maximum Gasteiger partial charge on any atom is 0.155 e. The van der Waals surface area contributed by atoms with E-state index in [-0.39, 0.29) is 0 Å². The van der Waals surface area contributed by atoms with E-state index < -0.39 is 0 Å². The Morgan fingerprint density at radius 2 is 2.29 bits per heavy atom. The lowest BCUT2D eigenvalue weighted by atomic mass is 10.2. The van der Waals surface area contributed by atoms with Gasteiger partial charge in [-0.3, -0.25) is 0 Å². The third-order valence-corrected chi connectivity index (χ3v) is 3.09. The minimum Gasteiger partial charge on any atom is -0.389 e. The summed E-state index contributed by atoms with van der Waals surface area (Å²) in [5, 5.41) is 6.85. The van der Waals surface area contributed by atoms with Crippen molar-refractivity contribution < 1.29 is 4.52 Å². The molecule has 0 spiro atoms. The molecule has 2 rings (SSSR count). The topological polar surface area (TPSA) is 64.1 Å². The molecule has 0 amide bonds. The number of aromatic nitrogens is 1. The van der Waals surface area contributed by atoms with Gasteiger partial charge in [-0.25, -0.2) is 0 Å². The van der Waals surface area contributed by atoms with Gasteiger partial charge in [0.1, 0.15) is 4.99 Å². The summed E-state index contributed by atoms with van der Waals surface area (Å²) in [5.41, 5.74) is 7.33. The normalized spacial score (nSPS) is 10.2. The van der Waals surface area contributed by atoms with E-state index in [0.717, 1.165) is 21.5 Å². The third-order valence-electron chi connectivity index (χ3n) is 2.20. The number of nitrogens with zero attached hydrogens (tertiary/aromatic N) is 1. The second kappa shape index (κ2) is 5.29. The molecule has 0 radical (unpaired) electrons. The van der Waals surface area contributed by atoms with Gasteiger partial charge >= 0.3 is 0 Å². The highest BCUT2D eigenvalue weighted by Gasteiger charge is 2.04. The fraction of sp³-hybridized carbons (Fsp3) is 0.0909. The average Bonchev–Trinajstić information content (AvgIpc) is 2.80. The monoisotopic (exact) mass is 311 g/mol.